The number of carbonyl (C=O) groups excluding carboxylic acids is 1. The second-order valence-electron chi connectivity index (χ2n) is 5.11. The second-order valence-corrected chi connectivity index (χ2v) is 5.11. The van der Waals surface area contributed by atoms with E-state index in [9.17, 15) is 14.7 Å². The summed E-state index contributed by atoms with van der Waals surface area (Å²) in [6.45, 7) is 5.08. The summed E-state index contributed by atoms with van der Waals surface area (Å²) < 4.78 is 10.6. The van der Waals surface area contributed by atoms with Gasteiger partial charge in [0.25, 0.3) is 5.91 Å². The maximum Gasteiger partial charge on any atom is 0.312 e. The Labute approximate surface area is 129 Å². The number of rotatable bonds is 7. The summed E-state index contributed by atoms with van der Waals surface area (Å²) in [4.78, 5) is 25.4. The van der Waals surface area contributed by atoms with E-state index < -0.39 is 18.0 Å². The molecule has 2 unspecified atom stereocenters. The van der Waals surface area contributed by atoms with Gasteiger partial charge in [-0.15, -0.1) is 0 Å². The molecule has 2 rings (SSSR count). The molecule has 0 radical (unpaired) electrons. The van der Waals surface area contributed by atoms with Gasteiger partial charge in [-0.3, -0.25) is 9.59 Å². The van der Waals surface area contributed by atoms with Gasteiger partial charge in [0, 0.05) is 18.8 Å². The van der Waals surface area contributed by atoms with E-state index in [1.807, 2.05) is 6.92 Å². The van der Waals surface area contributed by atoms with Gasteiger partial charge in [0.1, 0.15) is 12.0 Å². The molecule has 2 atom stereocenters. The van der Waals surface area contributed by atoms with E-state index in [0.29, 0.717) is 31.1 Å². The average molecular weight is 307 g/mol. The zero-order chi connectivity index (χ0) is 16.1. The SMILES string of the molecule is CCOCCOC(C)C(=O)N1CC(C(=O)O)c2ccccc21. The molecular formula is C16H21NO5. The molecule has 1 N–H and O–H groups in total. The number of carbonyl (C=O) groups is 2. The lowest BCUT2D eigenvalue weighted by molar-refractivity contribution is -0.138. The van der Waals surface area contributed by atoms with E-state index in [1.54, 1.807) is 31.2 Å². The fourth-order valence-electron chi connectivity index (χ4n) is 2.55. The zero-order valence-electron chi connectivity index (χ0n) is 12.8. The van der Waals surface area contributed by atoms with Gasteiger partial charge in [-0.1, -0.05) is 18.2 Å². The first-order valence-electron chi connectivity index (χ1n) is 7.38. The van der Waals surface area contributed by atoms with Crippen molar-refractivity contribution in [3.63, 3.8) is 0 Å². The quantitative estimate of drug-likeness (QED) is 0.775. The van der Waals surface area contributed by atoms with Crippen molar-refractivity contribution in [1.82, 2.24) is 0 Å². The summed E-state index contributed by atoms with van der Waals surface area (Å²) in [6, 6.07) is 7.10. The standard InChI is InChI=1S/C16H21NO5/c1-3-21-8-9-22-11(2)15(18)17-10-13(16(19)20)12-6-4-5-7-14(12)17/h4-7,11,13H,3,8-10H2,1-2H3,(H,19,20). The Bertz CT molecular complexity index is 545. The molecule has 1 heterocycles. The molecule has 0 spiro atoms. The van der Waals surface area contributed by atoms with Gasteiger partial charge < -0.3 is 19.5 Å². The molecule has 1 aliphatic rings. The van der Waals surface area contributed by atoms with Crippen LogP contribution >= 0.6 is 0 Å². The number of fused-ring (bicyclic) bond motifs is 1. The Morgan fingerprint density at radius 2 is 2.09 bits per heavy atom. The number of hydrogen-bond acceptors (Lipinski definition) is 4. The third kappa shape index (κ3) is 3.45. The number of carboxylic acids is 1. The molecule has 120 valence electrons. The van der Waals surface area contributed by atoms with E-state index in [-0.39, 0.29) is 12.5 Å². The molecule has 0 fully saturated rings. The van der Waals surface area contributed by atoms with Crippen molar-refractivity contribution in [2.45, 2.75) is 25.9 Å². The summed E-state index contributed by atoms with van der Waals surface area (Å²) in [5, 5.41) is 9.31. The molecule has 1 aromatic rings. The average Bonchev–Trinajstić information content (AvgIpc) is 2.90. The highest BCUT2D eigenvalue weighted by Crippen LogP contribution is 2.36. The van der Waals surface area contributed by atoms with Crippen LogP contribution in [0.1, 0.15) is 25.3 Å². The van der Waals surface area contributed by atoms with Crippen LogP contribution in [0.2, 0.25) is 0 Å². The van der Waals surface area contributed by atoms with Crippen LogP contribution in [0.3, 0.4) is 0 Å². The molecule has 6 nitrogen and oxygen atoms in total. The highest BCUT2D eigenvalue weighted by atomic mass is 16.5. The third-order valence-corrected chi connectivity index (χ3v) is 3.68. The molecule has 0 saturated carbocycles. The molecular weight excluding hydrogens is 286 g/mol. The molecule has 0 aromatic heterocycles. The van der Waals surface area contributed by atoms with Gasteiger partial charge in [0.15, 0.2) is 0 Å². The minimum Gasteiger partial charge on any atom is -0.481 e. The number of para-hydroxylation sites is 1. The minimum absolute atomic E-state index is 0.146. The number of nitrogens with zero attached hydrogens (tertiary/aromatic N) is 1. The highest BCUT2D eigenvalue weighted by Gasteiger charge is 2.37. The highest BCUT2D eigenvalue weighted by molar-refractivity contribution is 6.01. The third-order valence-electron chi connectivity index (χ3n) is 3.68. The molecule has 22 heavy (non-hydrogen) atoms. The molecule has 0 aliphatic carbocycles. The van der Waals surface area contributed by atoms with Gasteiger partial charge in [-0.25, -0.2) is 0 Å². The summed E-state index contributed by atoms with van der Waals surface area (Å²) >= 11 is 0. The van der Waals surface area contributed by atoms with Crippen LogP contribution in [0.15, 0.2) is 24.3 Å². The molecule has 0 bridgehead atoms. The van der Waals surface area contributed by atoms with E-state index >= 15 is 0 Å². The largest absolute Gasteiger partial charge is 0.481 e. The van der Waals surface area contributed by atoms with Crippen LogP contribution in [0, 0.1) is 0 Å². The maximum absolute atomic E-state index is 12.5. The van der Waals surface area contributed by atoms with Crippen LogP contribution in [0.5, 0.6) is 0 Å². The van der Waals surface area contributed by atoms with Gasteiger partial charge >= 0.3 is 5.97 Å². The summed E-state index contributed by atoms with van der Waals surface area (Å²) in [5.74, 6) is -1.84. The van der Waals surface area contributed by atoms with Crippen LogP contribution in [-0.4, -0.2) is 49.5 Å². The monoisotopic (exact) mass is 307 g/mol. The normalized spacial score (nSPS) is 18.1. The molecule has 0 saturated heterocycles. The van der Waals surface area contributed by atoms with Gasteiger partial charge in [-0.05, 0) is 25.5 Å². The van der Waals surface area contributed by atoms with E-state index in [2.05, 4.69) is 0 Å². The van der Waals surface area contributed by atoms with Gasteiger partial charge in [0.05, 0.1) is 13.2 Å². The van der Waals surface area contributed by atoms with Crippen LogP contribution in [-0.2, 0) is 19.1 Å². The Kier molecular flexibility index (Phi) is 5.51. The molecule has 1 aliphatic heterocycles. The lowest BCUT2D eigenvalue weighted by Gasteiger charge is -2.22. The van der Waals surface area contributed by atoms with Crippen LogP contribution < -0.4 is 4.90 Å². The summed E-state index contributed by atoms with van der Waals surface area (Å²) in [6.07, 6.45) is -0.638. The summed E-state index contributed by atoms with van der Waals surface area (Å²) in [7, 11) is 0. The van der Waals surface area contributed by atoms with E-state index in [1.165, 1.54) is 4.90 Å². The number of aliphatic carboxylic acids is 1. The van der Waals surface area contributed by atoms with Crippen molar-refractivity contribution >= 4 is 17.6 Å². The summed E-state index contributed by atoms with van der Waals surface area (Å²) in [5.41, 5.74) is 1.32. The first-order valence-corrected chi connectivity index (χ1v) is 7.38. The smallest absolute Gasteiger partial charge is 0.312 e. The lowest BCUT2D eigenvalue weighted by atomic mass is 10.0. The van der Waals surface area contributed by atoms with Crippen molar-refractivity contribution in [3.05, 3.63) is 29.8 Å². The van der Waals surface area contributed by atoms with Crippen LogP contribution in [0.4, 0.5) is 5.69 Å². The second kappa shape index (κ2) is 7.38. The Morgan fingerprint density at radius 3 is 2.77 bits per heavy atom. The predicted octanol–water partition coefficient (Wildman–Crippen LogP) is 1.64. The Hall–Kier alpha value is -1.92. The molecule has 6 heteroatoms. The fourth-order valence-corrected chi connectivity index (χ4v) is 2.55. The number of hydrogen-bond donors (Lipinski definition) is 1. The maximum atomic E-state index is 12.5. The number of carboxylic acid groups (broad SMARTS) is 1. The topological polar surface area (TPSA) is 76.1 Å². The zero-order valence-corrected chi connectivity index (χ0v) is 12.8. The van der Waals surface area contributed by atoms with Gasteiger partial charge in [-0.2, -0.15) is 0 Å². The Balaban J connectivity index is 2.06. The van der Waals surface area contributed by atoms with E-state index in [0.717, 1.165) is 0 Å². The van der Waals surface area contributed by atoms with Gasteiger partial charge in [0.2, 0.25) is 0 Å². The predicted molar refractivity (Wildman–Crippen MR) is 81.1 cm³/mol. The Morgan fingerprint density at radius 1 is 1.36 bits per heavy atom. The molecule has 1 aromatic carbocycles. The van der Waals surface area contributed by atoms with Crippen molar-refractivity contribution < 1.29 is 24.2 Å². The van der Waals surface area contributed by atoms with Crippen LogP contribution in [0.25, 0.3) is 0 Å². The van der Waals surface area contributed by atoms with Crippen molar-refractivity contribution in [3.8, 4) is 0 Å². The first kappa shape index (κ1) is 16.5. The van der Waals surface area contributed by atoms with Crippen molar-refractivity contribution in [2.75, 3.05) is 31.3 Å². The van der Waals surface area contributed by atoms with Crippen molar-refractivity contribution in [2.24, 2.45) is 0 Å². The number of ether oxygens (including phenoxy) is 2. The molecule has 1 amide bonds. The number of anilines is 1. The van der Waals surface area contributed by atoms with Crippen molar-refractivity contribution in [1.29, 1.82) is 0 Å². The van der Waals surface area contributed by atoms with E-state index in [4.69, 9.17) is 9.47 Å². The fraction of sp³-hybridized carbons (Fsp3) is 0.500. The minimum atomic E-state index is -0.923. The number of amides is 1. The lowest BCUT2D eigenvalue weighted by Crippen LogP contribution is -2.39. The first-order chi connectivity index (χ1) is 10.6. The number of benzene rings is 1.